The van der Waals surface area contributed by atoms with Crippen LogP contribution in [0.5, 0.6) is 5.75 Å². The normalized spacial score (nSPS) is 10.5. The Balaban J connectivity index is 0.00000256. The van der Waals surface area contributed by atoms with Gasteiger partial charge in [-0.3, -0.25) is 0 Å². The quantitative estimate of drug-likeness (QED) is 0.489. The van der Waals surface area contributed by atoms with Crippen LogP contribution in [-0.2, 0) is 4.74 Å². The number of aromatic hydroxyl groups is 1. The van der Waals surface area contributed by atoms with Crippen LogP contribution in [0.25, 0.3) is 0 Å². The predicted molar refractivity (Wildman–Crippen MR) is 67.0 cm³/mol. The number of para-hydroxylation sites is 1. The molecule has 1 rings (SSSR count). The maximum Gasteiger partial charge on any atom is 2.00 e. The number of esters is 1. The van der Waals surface area contributed by atoms with E-state index in [9.17, 15) is 9.90 Å². The molecule has 5 heteroatoms. The maximum atomic E-state index is 11.6. The molecule has 0 saturated heterocycles. The summed E-state index contributed by atoms with van der Waals surface area (Å²) in [6.45, 7) is 1.08. The van der Waals surface area contributed by atoms with Crippen LogP contribution in [0.3, 0.4) is 0 Å². The van der Waals surface area contributed by atoms with Gasteiger partial charge in [0.25, 0.3) is 0 Å². The molecule has 0 aliphatic rings. The number of nitrogens with zero attached hydrogens (tertiary/aromatic N) is 1. The number of ether oxygens (including phenoxy) is 1. The average Bonchev–Trinajstić information content (AvgIpc) is 2.16. The molecule has 17 heavy (non-hydrogen) atoms. The summed E-state index contributed by atoms with van der Waals surface area (Å²) >= 11 is 0. The fourth-order valence-electron chi connectivity index (χ4n) is 1.14. The Morgan fingerprint density at radius 1 is 1.29 bits per heavy atom. The molecule has 0 saturated carbocycles. The minimum atomic E-state index is -0.480. The minimum Gasteiger partial charge on any atom is -0.507 e. The Bertz CT molecular complexity index is 374. The summed E-state index contributed by atoms with van der Waals surface area (Å²) in [5.74, 6) is -0.524. The molecule has 1 N–H and O–H groups in total. The zero-order chi connectivity index (χ0) is 12.2. The number of likely N-dealkylation sites (N-methyl/N-ethyl adjacent to an activating group) is 1. The number of carbonyl (C=O) groups is 1. The number of rotatable bonds is 4. The zero-order valence-electron chi connectivity index (χ0n) is 10.6. The molecule has 1 aromatic carbocycles. The molecule has 0 spiro atoms. The zero-order valence-corrected chi connectivity index (χ0v) is 12.1. The van der Waals surface area contributed by atoms with Crippen LogP contribution in [0.1, 0.15) is 10.4 Å². The summed E-state index contributed by atoms with van der Waals surface area (Å²) in [5, 5.41) is 9.44. The summed E-state index contributed by atoms with van der Waals surface area (Å²) in [6, 6.07) is 6.37. The van der Waals surface area contributed by atoms with E-state index in [2.05, 4.69) is 0 Å². The number of hydrogen-bond acceptors (Lipinski definition) is 3. The first-order valence-electron chi connectivity index (χ1n) is 5.16. The largest absolute Gasteiger partial charge is 2.00 e. The van der Waals surface area contributed by atoms with Crippen LogP contribution in [0.4, 0.5) is 0 Å². The van der Waals surface area contributed by atoms with Crippen LogP contribution < -0.4 is 0 Å². The maximum absolute atomic E-state index is 11.6. The summed E-state index contributed by atoms with van der Waals surface area (Å²) in [4.78, 5) is 11.6. The smallest absolute Gasteiger partial charge is 0.507 e. The van der Waals surface area contributed by atoms with E-state index in [-0.39, 0.29) is 34.4 Å². The van der Waals surface area contributed by atoms with E-state index in [4.69, 9.17) is 4.74 Å². The van der Waals surface area contributed by atoms with Crippen LogP contribution in [0.15, 0.2) is 24.3 Å². The van der Waals surface area contributed by atoms with Gasteiger partial charge in [-0.1, -0.05) is 12.1 Å². The van der Waals surface area contributed by atoms with Gasteiger partial charge in [0.15, 0.2) is 0 Å². The molecule has 0 aliphatic heterocycles. The van der Waals surface area contributed by atoms with Crippen molar-refractivity contribution >= 4 is 29.0 Å². The third-order valence-electron chi connectivity index (χ3n) is 2.12. The fraction of sp³-hybridized carbons (Fsp3) is 0.417. The summed E-state index contributed by atoms with van der Waals surface area (Å²) < 4.78 is 5.80. The van der Waals surface area contributed by atoms with Crippen molar-refractivity contribution in [3.63, 3.8) is 0 Å². The van der Waals surface area contributed by atoms with Gasteiger partial charge in [-0.2, -0.15) is 0 Å². The van der Waals surface area contributed by atoms with Gasteiger partial charge in [-0.15, -0.1) is 0 Å². The van der Waals surface area contributed by atoms with Crippen LogP contribution in [0, 0.1) is 0 Å². The molecule has 1 aromatic rings. The van der Waals surface area contributed by atoms with Gasteiger partial charge in [0.1, 0.15) is 24.5 Å². The van der Waals surface area contributed by atoms with Crippen molar-refractivity contribution < 1.29 is 19.1 Å². The van der Waals surface area contributed by atoms with Gasteiger partial charge in [0.2, 0.25) is 0 Å². The van der Waals surface area contributed by atoms with Gasteiger partial charge in [0, 0.05) is 0 Å². The van der Waals surface area contributed by atoms with Crippen LogP contribution in [0.2, 0.25) is 0 Å². The summed E-state index contributed by atoms with van der Waals surface area (Å²) in [5.41, 5.74) is 0.212. The molecule has 0 fully saturated rings. The molecular formula is C12H18MgNO3+3. The summed E-state index contributed by atoms with van der Waals surface area (Å²) in [7, 11) is 6.06. The van der Waals surface area contributed by atoms with E-state index in [0.29, 0.717) is 6.61 Å². The van der Waals surface area contributed by atoms with E-state index in [1.54, 1.807) is 18.2 Å². The van der Waals surface area contributed by atoms with Gasteiger partial charge in [-0.25, -0.2) is 4.79 Å². The number of hydrogen-bond donors (Lipinski definition) is 1. The van der Waals surface area contributed by atoms with E-state index in [0.717, 1.165) is 11.0 Å². The molecule has 0 aromatic heterocycles. The molecule has 0 amide bonds. The fourth-order valence-corrected chi connectivity index (χ4v) is 1.14. The monoisotopic (exact) mass is 248 g/mol. The van der Waals surface area contributed by atoms with Gasteiger partial charge < -0.3 is 14.3 Å². The molecular weight excluding hydrogens is 230 g/mol. The van der Waals surface area contributed by atoms with Crippen LogP contribution in [-0.4, -0.2) is 72.9 Å². The SMILES string of the molecule is C[N+](C)(C)CCOC(=O)c1ccccc1O.[Mg+2]. The minimum absolute atomic E-state index is 0. The Morgan fingerprint density at radius 3 is 2.41 bits per heavy atom. The van der Waals surface area contributed by atoms with Crippen LogP contribution >= 0.6 is 0 Å². The number of benzene rings is 1. The molecule has 0 heterocycles. The van der Waals surface area contributed by atoms with Crippen molar-refractivity contribution in [3.8, 4) is 5.75 Å². The van der Waals surface area contributed by atoms with Gasteiger partial charge >= 0.3 is 29.0 Å². The molecule has 0 bridgehead atoms. The summed E-state index contributed by atoms with van der Waals surface area (Å²) in [6.07, 6.45) is 0. The average molecular weight is 249 g/mol. The number of carbonyl (C=O) groups excluding carboxylic acids is 1. The topological polar surface area (TPSA) is 46.5 Å². The van der Waals surface area contributed by atoms with Crippen molar-refractivity contribution in [1.82, 2.24) is 0 Å². The van der Waals surface area contributed by atoms with Crippen molar-refractivity contribution in [2.45, 2.75) is 0 Å². The van der Waals surface area contributed by atoms with E-state index >= 15 is 0 Å². The third kappa shape index (κ3) is 5.90. The first kappa shape index (κ1) is 16.2. The molecule has 0 atom stereocenters. The van der Waals surface area contributed by atoms with E-state index in [1.807, 2.05) is 21.1 Å². The number of quaternary nitrogens is 1. The van der Waals surface area contributed by atoms with Gasteiger partial charge in [-0.05, 0) is 12.1 Å². The molecule has 0 unspecified atom stereocenters. The molecule has 0 radical (unpaired) electrons. The van der Waals surface area contributed by atoms with Gasteiger partial charge in [0.05, 0.1) is 21.1 Å². The first-order valence-corrected chi connectivity index (χ1v) is 5.16. The molecule has 4 nitrogen and oxygen atoms in total. The third-order valence-corrected chi connectivity index (χ3v) is 2.12. The van der Waals surface area contributed by atoms with Crippen molar-refractivity contribution in [2.75, 3.05) is 34.3 Å². The Hall–Kier alpha value is -0.784. The molecule has 88 valence electrons. The standard InChI is InChI=1S/C12H17NO3.Mg/c1-13(2,3)8-9-16-12(15)10-6-4-5-7-11(10)14;/h4-7H,8-9H2,1-3H3;/q;+2/p+1. The number of phenolic OH excluding ortho intramolecular Hbond substituents is 1. The van der Waals surface area contributed by atoms with Crippen molar-refractivity contribution in [1.29, 1.82) is 0 Å². The Morgan fingerprint density at radius 2 is 1.88 bits per heavy atom. The van der Waals surface area contributed by atoms with Crippen molar-refractivity contribution in [3.05, 3.63) is 29.8 Å². The Kier molecular flexibility index (Phi) is 6.52. The van der Waals surface area contributed by atoms with E-state index < -0.39 is 5.97 Å². The number of phenols is 1. The van der Waals surface area contributed by atoms with E-state index in [1.165, 1.54) is 6.07 Å². The predicted octanol–water partition coefficient (Wildman–Crippen LogP) is 0.874. The first-order chi connectivity index (χ1) is 7.40. The Labute approximate surface area is 118 Å². The second-order valence-electron chi connectivity index (χ2n) is 4.67. The second-order valence-corrected chi connectivity index (χ2v) is 4.67. The second kappa shape index (κ2) is 6.83. The molecule has 0 aliphatic carbocycles. The van der Waals surface area contributed by atoms with Crippen molar-refractivity contribution in [2.24, 2.45) is 0 Å².